The summed E-state index contributed by atoms with van der Waals surface area (Å²) in [6, 6.07) is 11.8. The maximum Gasteiger partial charge on any atom is 0.340 e. The topological polar surface area (TPSA) is 50.2 Å². The monoisotopic (exact) mass is 241 g/mol. The number of halogens is 1. The Hall–Kier alpha value is -2.49. The van der Waals surface area contributed by atoms with Crippen LogP contribution in [0.25, 0.3) is 21.8 Å². The number of fused-ring (bicyclic) bond motifs is 2. The second-order valence-electron chi connectivity index (χ2n) is 3.98. The van der Waals surface area contributed by atoms with Gasteiger partial charge in [-0.25, -0.2) is 14.2 Å². The number of para-hydroxylation sites is 1. The standard InChI is InChI=1S/C14H8FNO2/c15-10-6-5-9-7-8-3-1-2-4-11(8)16-13(9)12(10)14(17)18/h1-7H,(H,17,18). The quantitative estimate of drug-likeness (QED) is 0.665. The van der Waals surface area contributed by atoms with Crippen molar-refractivity contribution in [2.45, 2.75) is 0 Å². The highest BCUT2D eigenvalue weighted by Crippen LogP contribution is 2.24. The molecule has 0 amide bonds. The molecule has 1 aromatic heterocycles. The molecule has 0 fully saturated rings. The summed E-state index contributed by atoms with van der Waals surface area (Å²) >= 11 is 0. The maximum absolute atomic E-state index is 13.5. The molecule has 88 valence electrons. The number of carboxylic acids is 1. The third-order valence-corrected chi connectivity index (χ3v) is 2.85. The lowest BCUT2D eigenvalue weighted by molar-refractivity contribution is 0.0694. The summed E-state index contributed by atoms with van der Waals surface area (Å²) in [7, 11) is 0. The molecule has 0 radical (unpaired) electrons. The fourth-order valence-corrected chi connectivity index (χ4v) is 2.02. The number of rotatable bonds is 1. The fourth-order valence-electron chi connectivity index (χ4n) is 2.02. The van der Waals surface area contributed by atoms with Crippen molar-refractivity contribution in [1.82, 2.24) is 4.98 Å². The summed E-state index contributed by atoms with van der Waals surface area (Å²) in [4.78, 5) is 15.3. The minimum absolute atomic E-state index is 0.182. The van der Waals surface area contributed by atoms with Gasteiger partial charge in [-0.2, -0.15) is 0 Å². The van der Waals surface area contributed by atoms with Gasteiger partial charge in [-0.3, -0.25) is 0 Å². The van der Waals surface area contributed by atoms with Crippen LogP contribution in [0.15, 0.2) is 42.5 Å². The zero-order valence-electron chi connectivity index (χ0n) is 9.22. The van der Waals surface area contributed by atoms with Crippen LogP contribution in [0.2, 0.25) is 0 Å². The van der Waals surface area contributed by atoms with Gasteiger partial charge in [-0.1, -0.05) is 18.2 Å². The molecule has 3 rings (SSSR count). The van der Waals surface area contributed by atoms with Crippen molar-refractivity contribution in [3.63, 3.8) is 0 Å². The first kappa shape index (κ1) is 10.7. The molecule has 18 heavy (non-hydrogen) atoms. The number of carboxylic acid groups (broad SMARTS) is 1. The normalized spacial score (nSPS) is 10.9. The van der Waals surface area contributed by atoms with Crippen molar-refractivity contribution in [2.24, 2.45) is 0 Å². The van der Waals surface area contributed by atoms with Gasteiger partial charge in [0.25, 0.3) is 0 Å². The van der Waals surface area contributed by atoms with Crippen LogP contribution in [0, 0.1) is 5.82 Å². The van der Waals surface area contributed by atoms with Crippen LogP contribution in [0.5, 0.6) is 0 Å². The van der Waals surface area contributed by atoms with Crippen LogP contribution in [0.3, 0.4) is 0 Å². The fraction of sp³-hybridized carbons (Fsp3) is 0. The second kappa shape index (κ2) is 3.77. The van der Waals surface area contributed by atoms with Gasteiger partial charge in [0.15, 0.2) is 0 Å². The van der Waals surface area contributed by atoms with Crippen molar-refractivity contribution in [2.75, 3.05) is 0 Å². The highest BCUT2D eigenvalue weighted by Gasteiger charge is 2.16. The second-order valence-corrected chi connectivity index (χ2v) is 3.98. The van der Waals surface area contributed by atoms with E-state index in [0.717, 1.165) is 11.5 Å². The van der Waals surface area contributed by atoms with E-state index in [-0.39, 0.29) is 11.1 Å². The number of carbonyl (C=O) groups is 1. The van der Waals surface area contributed by atoms with E-state index in [0.29, 0.717) is 10.9 Å². The Morgan fingerprint density at radius 2 is 1.89 bits per heavy atom. The van der Waals surface area contributed by atoms with E-state index in [4.69, 9.17) is 5.11 Å². The van der Waals surface area contributed by atoms with Crippen LogP contribution in [-0.4, -0.2) is 16.1 Å². The maximum atomic E-state index is 13.5. The summed E-state index contributed by atoms with van der Waals surface area (Å²) in [6.07, 6.45) is 0. The first-order chi connectivity index (χ1) is 8.66. The Morgan fingerprint density at radius 3 is 2.67 bits per heavy atom. The molecule has 1 N–H and O–H groups in total. The van der Waals surface area contributed by atoms with Gasteiger partial charge in [-0.15, -0.1) is 0 Å². The van der Waals surface area contributed by atoms with Gasteiger partial charge < -0.3 is 5.11 Å². The van der Waals surface area contributed by atoms with Crippen LogP contribution in [0.1, 0.15) is 10.4 Å². The van der Waals surface area contributed by atoms with Crippen LogP contribution in [0.4, 0.5) is 4.39 Å². The molecule has 1 heterocycles. The predicted octanol–water partition coefficient (Wildman–Crippen LogP) is 3.23. The lowest BCUT2D eigenvalue weighted by atomic mass is 10.1. The smallest absolute Gasteiger partial charge is 0.340 e. The van der Waals surface area contributed by atoms with E-state index in [9.17, 15) is 9.18 Å². The first-order valence-corrected chi connectivity index (χ1v) is 5.38. The van der Waals surface area contributed by atoms with E-state index in [1.807, 2.05) is 18.2 Å². The molecule has 3 aromatic rings. The number of aromatic nitrogens is 1. The molecule has 0 unspecified atom stereocenters. The highest BCUT2D eigenvalue weighted by molar-refractivity contribution is 6.05. The Morgan fingerprint density at radius 1 is 1.11 bits per heavy atom. The lowest BCUT2D eigenvalue weighted by Gasteiger charge is -2.05. The molecular weight excluding hydrogens is 233 g/mol. The number of nitrogens with zero attached hydrogens (tertiary/aromatic N) is 1. The predicted molar refractivity (Wildman–Crippen MR) is 66.2 cm³/mol. The molecule has 0 aliphatic carbocycles. The lowest BCUT2D eigenvalue weighted by Crippen LogP contribution is -2.03. The highest BCUT2D eigenvalue weighted by atomic mass is 19.1. The average Bonchev–Trinajstić information content (AvgIpc) is 2.36. The third-order valence-electron chi connectivity index (χ3n) is 2.85. The molecule has 0 aliphatic rings. The molecule has 0 atom stereocenters. The van der Waals surface area contributed by atoms with E-state index >= 15 is 0 Å². The Balaban J connectivity index is 2.50. The zero-order valence-corrected chi connectivity index (χ0v) is 9.22. The number of aromatic carboxylic acids is 1. The third kappa shape index (κ3) is 1.50. The van der Waals surface area contributed by atoms with Crippen molar-refractivity contribution >= 4 is 27.8 Å². The summed E-state index contributed by atoms with van der Waals surface area (Å²) in [5, 5.41) is 10.6. The summed E-state index contributed by atoms with van der Waals surface area (Å²) in [6.45, 7) is 0. The largest absolute Gasteiger partial charge is 0.478 e. The molecule has 4 heteroatoms. The van der Waals surface area contributed by atoms with E-state index in [1.54, 1.807) is 12.1 Å². The van der Waals surface area contributed by atoms with Gasteiger partial charge in [0, 0.05) is 10.8 Å². The van der Waals surface area contributed by atoms with Crippen LogP contribution < -0.4 is 0 Å². The molecule has 0 saturated heterocycles. The Bertz CT molecular complexity index is 783. The van der Waals surface area contributed by atoms with Crippen molar-refractivity contribution in [1.29, 1.82) is 0 Å². The van der Waals surface area contributed by atoms with Gasteiger partial charge in [0.1, 0.15) is 11.4 Å². The van der Waals surface area contributed by atoms with Gasteiger partial charge in [0.05, 0.1) is 11.0 Å². The molecule has 0 spiro atoms. The Labute approximate surface area is 102 Å². The van der Waals surface area contributed by atoms with Gasteiger partial charge >= 0.3 is 5.97 Å². The summed E-state index contributed by atoms with van der Waals surface area (Å²) in [5.41, 5.74) is 0.456. The van der Waals surface area contributed by atoms with E-state index in [1.165, 1.54) is 6.07 Å². The van der Waals surface area contributed by atoms with E-state index < -0.39 is 11.8 Å². The molecule has 3 nitrogen and oxygen atoms in total. The molecule has 0 aliphatic heterocycles. The SMILES string of the molecule is O=C(O)c1c(F)ccc2cc3ccccc3nc12. The minimum atomic E-state index is -1.30. The van der Waals surface area contributed by atoms with E-state index in [2.05, 4.69) is 4.98 Å². The molecule has 0 saturated carbocycles. The molecular formula is C14H8FNO2. The number of hydrogen-bond acceptors (Lipinski definition) is 2. The number of hydrogen-bond donors (Lipinski definition) is 1. The summed E-state index contributed by atoms with van der Waals surface area (Å²) < 4.78 is 13.5. The van der Waals surface area contributed by atoms with Gasteiger partial charge in [0.2, 0.25) is 0 Å². The van der Waals surface area contributed by atoms with Gasteiger partial charge in [-0.05, 0) is 24.3 Å². The first-order valence-electron chi connectivity index (χ1n) is 5.38. The van der Waals surface area contributed by atoms with Crippen LogP contribution in [-0.2, 0) is 0 Å². The van der Waals surface area contributed by atoms with Crippen molar-refractivity contribution in [3.8, 4) is 0 Å². The van der Waals surface area contributed by atoms with Crippen molar-refractivity contribution in [3.05, 3.63) is 53.8 Å². The zero-order chi connectivity index (χ0) is 12.7. The van der Waals surface area contributed by atoms with Crippen LogP contribution >= 0.6 is 0 Å². The summed E-state index contributed by atoms with van der Waals surface area (Å²) in [5.74, 6) is -2.07. The van der Waals surface area contributed by atoms with Crippen molar-refractivity contribution < 1.29 is 14.3 Å². The number of pyridine rings is 1. The minimum Gasteiger partial charge on any atom is -0.478 e. The molecule has 0 bridgehead atoms. The Kier molecular flexibility index (Phi) is 2.23. The molecule has 2 aromatic carbocycles. The number of benzene rings is 2. The average molecular weight is 241 g/mol.